The summed E-state index contributed by atoms with van der Waals surface area (Å²) >= 11 is 6.12. The molecule has 100 valence electrons. The van der Waals surface area contributed by atoms with Crippen LogP contribution >= 0.6 is 11.6 Å². The van der Waals surface area contributed by atoms with Crippen LogP contribution in [0.15, 0.2) is 12.1 Å². The van der Waals surface area contributed by atoms with Crippen LogP contribution in [0.1, 0.15) is 49.8 Å². The van der Waals surface area contributed by atoms with E-state index < -0.39 is 0 Å². The Bertz CT molecular complexity index is 425. The fraction of sp³-hybridized carbons (Fsp3) is 0.600. The lowest BCUT2D eigenvalue weighted by Crippen LogP contribution is -2.25. The van der Waals surface area contributed by atoms with E-state index in [1.807, 2.05) is 0 Å². The first-order valence-corrected chi connectivity index (χ1v) is 7.08. The maximum Gasteiger partial charge on any atom is 0.127 e. The second kappa shape index (κ2) is 5.58. The van der Waals surface area contributed by atoms with Crippen LogP contribution in [0.3, 0.4) is 0 Å². The van der Waals surface area contributed by atoms with E-state index in [1.54, 1.807) is 13.0 Å². The van der Waals surface area contributed by atoms with Gasteiger partial charge in [-0.15, -0.1) is 0 Å². The lowest BCUT2D eigenvalue weighted by molar-refractivity contribution is 0.256. The fourth-order valence-electron chi connectivity index (χ4n) is 2.83. The first-order chi connectivity index (χ1) is 8.49. The minimum Gasteiger partial charge on any atom is -0.324 e. The van der Waals surface area contributed by atoms with Crippen molar-refractivity contribution in [1.29, 1.82) is 0 Å². The van der Waals surface area contributed by atoms with Crippen LogP contribution in [-0.4, -0.2) is 0 Å². The molecule has 0 aliphatic heterocycles. The molecule has 0 heterocycles. The van der Waals surface area contributed by atoms with Crippen LogP contribution in [0.4, 0.5) is 4.39 Å². The maximum atomic E-state index is 13.4. The second-order valence-corrected chi connectivity index (χ2v) is 6.08. The molecule has 0 saturated heterocycles. The molecular formula is C15H21ClFN. The number of hydrogen-bond acceptors (Lipinski definition) is 1. The average Bonchev–Trinajstić information content (AvgIpc) is 2.34. The Hall–Kier alpha value is -0.600. The summed E-state index contributed by atoms with van der Waals surface area (Å²) in [4.78, 5) is 0. The molecule has 1 aliphatic carbocycles. The number of halogens is 2. The van der Waals surface area contributed by atoms with Crippen LogP contribution in [0.5, 0.6) is 0 Å². The Morgan fingerprint density at radius 3 is 2.50 bits per heavy atom. The molecule has 3 heteroatoms. The highest BCUT2D eigenvalue weighted by molar-refractivity contribution is 6.31. The van der Waals surface area contributed by atoms with E-state index in [1.165, 1.54) is 18.9 Å². The predicted molar refractivity (Wildman–Crippen MR) is 74.2 cm³/mol. The highest BCUT2D eigenvalue weighted by Crippen LogP contribution is 2.38. The van der Waals surface area contributed by atoms with Gasteiger partial charge in [-0.05, 0) is 48.8 Å². The summed E-state index contributed by atoms with van der Waals surface area (Å²) < 4.78 is 13.4. The van der Waals surface area contributed by atoms with Crippen molar-refractivity contribution in [1.82, 2.24) is 0 Å². The van der Waals surface area contributed by atoms with Crippen LogP contribution in [-0.2, 0) is 0 Å². The molecule has 1 unspecified atom stereocenters. The SMILES string of the molecule is Cc1cc(C(N)C2CCC(C)CC2)c(Cl)cc1F. The summed E-state index contributed by atoms with van der Waals surface area (Å²) in [5.74, 6) is 1.02. The Morgan fingerprint density at radius 2 is 1.89 bits per heavy atom. The van der Waals surface area contributed by atoms with Crippen molar-refractivity contribution in [2.75, 3.05) is 0 Å². The van der Waals surface area contributed by atoms with Crippen molar-refractivity contribution in [2.45, 2.75) is 45.6 Å². The molecule has 0 aromatic heterocycles. The zero-order valence-electron chi connectivity index (χ0n) is 11.0. The smallest absolute Gasteiger partial charge is 0.127 e. The Balaban J connectivity index is 2.18. The minimum atomic E-state index is -0.256. The molecule has 1 atom stereocenters. The molecule has 0 bridgehead atoms. The summed E-state index contributed by atoms with van der Waals surface area (Å²) in [5, 5.41) is 0.462. The normalized spacial score (nSPS) is 26.1. The topological polar surface area (TPSA) is 26.0 Å². The van der Waals surface area contributed by atoms with Crippen LogP contribution < -0.4 is 5.73 Å². The quantitative estimate of drug-likeness (QED) is 0.833. The third-order valence-corrected chi connectivity index (χ3v) is 4.53. The molecule has 1 nitrogen and oxygen atoms in total. The van der Waals surface area contributed by atoms with Gasteiger partial charge >= 0.3 is 0 Å². The highest BCUT2D eigenvalue weighted by atomic mass is 35.5. The lowest BCUT2D eigenvalue weighted by Gasteiger charge is -2.31. The molecule has 2 rings (SSSR count). The monoisotopic (exact) mass is 269 g/mol. The third kappa shape index (κ3) is 2.86. The van der Waals surface area contributed by atoms with Gasteiger partial charge in [-0.3, -0.25) is 0 Å². The van der Waals surface area contributed by atoms with E-state index in [-0.39, 0.29) is 11.9 Å². The van der Waals surface area contributed by atoms with E-state index in [2.05, 4.69) is 6.92 Å². The average molecular weight is 270 g/mol. The molecule has 1 aliphatic rings. The number of hydrogen-bond donors (Lipinski definition) is 1. The molecule has 0 amide bonds. The van der Waals surface area contributed by atoms with Crippen molar-refractivity contribution < 1.29 is 4.39 Å². The maximum absolute atomic E-state index is 13.4. The fourth-order valence-corrected chi connectivity index (χ4v) is 3.11. The van der Waals surface area contributed by atoms with Crippen LogP contribution in [0.25, 0.3) is 0 Å². The van der Waals surface area contributed by atoms with Gasteiger partial charge in [-0.2, -0.15) is 0 Å². The number of benzene rings is 1. The molecule has 0 radical (unpaired) electrons. The zero-order valence-corrected chi connectivity index (χ0v) is 11.8. The molecule has 1 aromatic carbocycles. The van der Waals surface area contributed by atoms with Gasteiger partial charge in [0.15, 0.2) is 0 Å². The van der Waals surface area contributed by atoms with Gasteiger partial charge in [0.2, 0.25) is 0 Å². The van der Waals surface area contributed by atoms with Gasteiger partial charge in [0, 0.05) is 11.1 Å². The summed E-state index contributed by atoms with van der Waals surface area (Å²) in [5.41, 5.74) is 7.85. The van der Waals surface area contributed by atoms with E-state index in [0.29, 0.717) is 16.5 Å². The first kappa shape index (κ1) is 13.8. The van der Waals surface area contributed by atoms with Gasteiger partial charge in [-0.1, -0.05) is 37.4 Å². The molecule has 1 saturated carbocycles. The molecule has 0 spiro atoms. The molecular weight excluding hydrogens is 249 g/mol. The second-order valence-electron chi connectivity index (χ2n) is 5.67. The summed E-state index contributed by atoms with van der Waals surface area (Å²) in [6, 6.07) is 3.13. The Kier molecular flexibility index (Phi) is 4.29. The van der Waals surface area contributed by atoms with E-state index in [4.69, 9.17) is 17.3 Å². The number of rotatable bonds is 2. The summed E-state index contributed by atoms with van der Waals surface area (Å²) in [6.07, 6.45) is 4.76. The van der Waals surface area contributed by atoms with E-state index in [0.717, 1.165) is 24.3 Å². The Morgan fingerprint density at radius 1 is 1.28 bits per heavy atom. The van der Waals surface area contributed by atoms with Crippen molar-refractivity contribution in [3.63, 3.8) is 0 Å². The molecule has 1 aromatic rings. The highest BCUT2D eigenvalue weighted by Gasteiger charge is 2.26. The van der Waals surface area contributed by atoms with Crippen molar-refractivity contribution in [2.24, 2.45) is 17.6 Å². The summed E-state index contributed by atoms with van der Waals surface area (Å²) in [6.45, 7) is 4.04. The van der Waals surface area contributed by atoms with E-state index >= 15 is 0 Å². The van der Waals surface area contributed by atoms with Crippen LogP contribution in [0.2, 0.25) is 5.02 Å². The van der Waals surface area contributed by atoms with Gasteiger partial charge in [0.05, 0.1) is 0 Å². The zero-order chi connectivity index (χ0) is 13.3. The van der Waals surface area contributed by atoms with Crippen molar-refractivity contribution in [3.05, 3.63) is 34.1 Å². The summed E-state index contributed by atoms with van der Waals surface area (Å²) in [7, 11) is 0. The predicted octanol–water partition coefficient (Wildman–Crippen LogP) is 4.61. The standard InChI is InChI=1S/C15H21ClFN/c1-9-3-5-11(6-4-9)15(18)12-7-10(2)14(17)8-13(12)16/h7-9,11,15H,3-6,18H2,1-2H3. The number of aryl methyl sites for hydroxylation is 1. The van der Waals surface area contributed by atoms with Crippen LogP contribution in [0, 0.1) is 24.6 Å². The molecule has 2 N–H and O–H groups in total. The third-order valence-electron chi connectivity index (χ3n) is 4.21. The molecule has 18 heavy (non-hydrogen) atoms. The van der Waals surface area contributed by atoms with Gasteiger partial charge in [-0.25, -0.2) is 4.39 Å². The number of nitrogens with two attached hydrogens (primary N) is 1. The minimum absolute atomic E-state index is 0.0655. The van der Waals surface area contributed by atoms with E-state index in [9.17, 15) is 4.39 Å². The van der Waals surface area contributed by atoms with Gasteiger partial charge in [0.25, 0.3) is 0 Å². The largest absolute Gasteiger partial charge is 0.324 e. The Labute approximate surface area is 114 Å². The van der Waals surface area contributed by atoms with Gasteiger partial charge < -0.3 is 5.73 Å². The van der Waals surface area contributed by atoms with Crippen molar-refractivity contribution >= 4 is 11.6 Å². The van der Waals surface area contributed by atoms with Gasteiger partial charge in [0.1, 0.15) is 5.82 Å². The first-order valence-electron chi connectivity index (χ1n) is 6.70. The molecule has 1 fully saturated rings. The lowest BCUT2D eigenvalue weighted by atomic mass is 9.77. The van der Waals surface area contributed by atoms with Crippen molar-refractivity contribution in [3.8, 4) is 0 Å².